The third-order valence-electron chi connectivity index (χ3n) is 1.72. The highest BCUT2D eigenvalue weighted by atomic mass is 32.2. The first-order valence-corrected chi connectivity index (χ1v) is 5.88. The van der Waals surface area contributed by atoms with Gasteiger partial charge < -0.3 is 5.32 Å². The van der Waals surface area contributed by atoms with E-state index >= 15 is 0 Å². The third-order valence-corrected chi connectivity index (χ3v) is 2.69. The lowest BCUT2D eigenvalue weighted by atomic mass is 10.3. The Morgan fingerprint density at radius 1 is 1.53 bits per heavy atom. The number of hydrogen-bond donors (Lipinski definition) is 1. The van der Waals surface area contributed by atoms with Crippen LogP contribution in [-0.4, -0.2) is 28.3 Å². The molecule has 0 saturated carbocycles. The van der Waals surface area contributed by atoms with Gasteiger partial charge in [-0.05, 0) is 19.0 Å². The molecular weight excluding hydrogens is 208 g/mol. The van der Waals surface area contributed by atoms with E-state index in [9.17, 15) is 0 Å². The van der Waals surface area contributed by atoms with Crippen LogP contribution < -0.4 is 5.32 Å². The van der Waals surface area contributed by atoms with E-state index in [4.69, 9.17) is 5.26 Å². The number of hydrogen-bond acceptors (Lipinski definition) is 5. The Morgan fingerprint density at radius 2 is 2.27 bits per heavy atom. The maximum atomic E-state index is 8.86. The zero-order chi connectivity index (χ0) is 10.9. The Labute approximate surface area is 94.1 Å². The average Bonchev–Trinajstić information content (AvgIpc) is 2.31. The molecule has 0 aliphatic carbocycles. The molecule has 1 heterocycles. The molecule has 4 nitrogen and oxygen atoms in total. The van der Waals surface area contributed by atoms with E-state index in [0.29, 0.717) is 5.75 Å². The zero-order valence-electron chi connectivity index (χ0n) is 8.68. The predicted molar refractivity (Wildman–Crippen MR) is 60.5 cm³/mol. The molecule has 0 aliphatic rings. The third kappa shape index (κ3) is 4.77. The molecule has 0 aromatic carbocycles. The molecule has 0 aliphatic heterocycles. The molecule has 0 bridgehead atoms. The molecule has 1 aromatic heterocycles. The summed E-state index contributed by atoms with van der Waals surface area (Å²) in [6.07, 6.45) is 4.44. The minimum atomic E-state index is -0.126. The van der Waals surface area contributed by atoms with Crippen LogP contribution in [0.4, 0.5) is 0 Å². The summed E-state index contributed by atoms with van der Waals surface area (Å²) in [5, 5.41) is 12.7. The van der Waals surface area contributed by atoms with Gasteiger partial charge in [-0.2, -0.15) is 5.26 Å². The average molecular weight is 222 g/mol. The van der Waals surface area contributed by atoms with Crippen LogP contribution in [0.15, 0.2) is 23.6 Å². The van der Waals surface area contributed by atoms with Crippen molar-refractivity contribution in [2.45, 2.75) is 24.5 Å². The van der Waals surface area contributed by atoms with Gasteiger partial charge in [0.05, 0.1) is 6.07 Å². The van der Waals surface area contributed by atoms with Gasteiger partial charge in [0.1, 0.15) is 6.04 Å². The van der Waals surface area contributed by atoms with Crippen molar-refractivity contribution < 1.29 is 0 Å². The van der Waals surface area contributed by atoms with Gasteiger partial charge in [0.15, 0.2) is 5.16 Å². The van der Waals surface area contributed by atoms with Gasteiger partial charge in [0, 0.05) is 18.1 Å². The van der Waals surface area contributed by atoms with Crippen LogP contribution in [0, 0.1) is 11.3 Å². The topological polar surface area (TPSA) is 61.6 Å². The maximum absolute atomic E-state index is 8.86. The van der Waals surface area contributed by atoms with Crippen molar-refractivity contribution in [3.05, 3.63) is 18.5 Å². The molecule has 1 rings (SSSR count). The van der Waals surface area contributed by atoms with Crippen molar-refractivity contribution in [2.75, 3.05) is 12.3 Å². The van der Waals surface area contributed by atoms with Crippen molar-refractivity contribution in [1.29, 1.82) is 5.26 Å². The monoisotopic (exact) mass is 222 g/mol. The first kappa shape index (κ1) is 12.0. The van der Waals surface area contributed by atoms with Crippen LogP contribution in [0.2, 0.25) is 0 Å². The van der Waals surface area contributed by atoms with Crippen molar-refractivity contribution in [3.8, 4) is 6.07 Å². The highest BCUT2D eigenvalue weighted by molar-refractivity contribution is 7.99. The second-order valence-corrected chi connectivity index (χ2v) is 3.97. The SMILES string of the molecule is CCCNC(C#N)CSc1ncccn1. The van der Waals surface area contributed by atoms with Gasteiger partial charge in [0.2, 0.25) is 0 Å². The van der Waals surface area contributed by atoms with Crippen LogP contribution >= 0.6 is 11.8 Å². The van der Waals surface area contributed by atoms with Gasteiger partial charge in [0.25, 0.3) is 0 Å². The lowest BCUT2D eigenvalue weighted by Gasteiger charge is -2.08. The lowest BCUT2D eigenvalue weighted by Crippen LogP contribution is -2.30. The number of thioether (sulfide) groups is 1. The summed E-state index contributed by atoms with van der Waals surface area (Å²) >= 11 is 1.50. The van der Waals surface area contributed by atoms with Crippen LogP contribution in [0.3, 0.4) is 0 Å². The Balaban J connectivity index is 2.32. The van der Waals surface area contributed by atoms with Gasteiger partial charge >= 0.3 is 0 Å². The smallest absolute Gasteiger partial charge is 0.187 e. The molecule has 1 atom stereocenters. The molecule has 0 fully saturated rings. The van der Waals surface area contributed by atoms with E-state index in [1.807, 2.05) is 0 Å². The van der Waals surface area contributed by atoms with Gasteiger partial charge in [-0.25, -0.2) is 9.97 Å². The molecular formula is C10H14N4S. The molecule has 1 aromatic rings. The molecule has 0 amide bonds. The summed E-state index contributed by atoms with van der Waals surface area (Å²) in [5.41, 5.74) is 0. The fourth-order valence-electron chi connectivity index (χ4n) is 0.978. The normalized spacial score (nSPS) is 12.0. The van der Waals surface area contributed by atoms with Crippen LogP contribution in [0.1, 0.15) is 13.3 Å². The Hall–Kier alpha value is -1.12. The number of nitriles is 1. The summed E-state index contributed by atoms with van der Waals surface area (Å²) in [6, 6.07) is 3.87. The van der Waals surface area contributed by atoms with E-state index in [1.54, 1.807) is 18.5 Å². The summed E-state index contributed by atoms with van der Waals surface area (Å²) in [5.74, 6) is 0.681. The molecule has 5 heteroatoms. The fourth-order valence-corrected chi connectivity index (χ4v) is 1.76. The number of rotatable bonds is 6. The zero-order valence-corrected chi connectivity index (χ0v) is 9.50. The van der Waals surface area contributed by atoms with Crippen LogP contribution in [-0.2, 0) is 0 Å². The molecule has 15 heavy (non-hydrogen) atoms. The van der Waals surface area contributed by atoms with Crippen molar-refractivity contribution >= 4 is 11.8 Å². The van der Waals surface area contributed by atoms with Gasteiger partial charge in [-0.1, -0.05) is 18.7 Å². The Kier molecular flexibility index (Phi) is 5.74. The highest BCUT2D eigenvalue weighted by Gasteiger charge is 2.07. The number of nitrogens with one attached hydrogen (secondary N) is 1. The van der Waals surface area contributed by atoms with Crippen LogP contribution in [0.25, 0.3) is 0 Å². The summed E-state index contributed by atoms with van der Waals surface area (Å²) in [6.45, 7) is 2.95. The van der Waals surface area contributed by atoms with Crippen molar-refractivity contribution in [2.24, 2.45) is 0 Å². The summed E-state index contributed by atoms with van der Waals surface area (Å²) in [4.78, 5) is 8.16. The molecule has 80 valence electrons. The second-order valence-electron chi connectivity index (χ2n) is 2.98. The summed E-state index contributed by atoms with van der Waals surface area (Å²) < 4.78 is 0. The van der Waals surface area contributed by atoms with Crippen LogP contribution in [0.5, 0.6) is 0 Å². The fraction of sp³-hybridized carbons (Fsp3) is 0.500. The van der Waals surface area contributed by atoms with Crippen molar-refractivity contribution in [3.63, 3.8) is 0 Å². The van der Waals surface area contributed by atoms with E-state index in [2.05, 4.69) is 28.3 Å². The second kappa shape index (κ2) is 7.21. The quantitative estimate of drug-likeness (QED) is 0.583. The molecule has 1 N–H and O–H groups in total. The van der Waals surface area contributed by atoms with E-state index in [-0.39, 0.29) is 6.04 Å². The van der Waals surface area contributed by atoms with Crippen molar-refractivity contribution in [1.82, 2.24) is 15.3 Å². The van der Waals surface area contributed by atoms with Gasteiger partial charge in [-0.15, -0.1) is 0 Å². The molecule has 0 spiro atoms. The Bertz CT molecular complexity index is 309. The predicted octanol–water partition coefficient (Wildman–Crippen LogP) is 1.46. The summed E-state index contributed by atoms with van der Waals surface area (Å²) in [7, 11) is 0. The first-order valence-electron chi connectivity index (χ1n) is 4.89. The highest BCUT2D eigenvalue weighted by Crippen LogP contribution is 2.11. The first-order chi connectivity index (χ1) is 7.36. The Morgan fingerprint density at radius 3 is 2.87 bits per heavy atom. The molecule has 1 unspecified atom stereocenters. The van der Waals surface area contributed by atoms with E-state index in [1.165, 1.54) is 11.8 Å². The van der Waals surface area contributed by atoms with Gasteiger partial charge in [-0.3, -0.25) is 0 Å². The molecule has 0 saturated heterocycles. The number of nitrogens with zero attached hydrogens (tertiary/aromatic N) is 3. The lowest BCUT2D eigenvalue weighted by molar-refractivity contribution is 0.637. The standard InChI is InChI=1S/C10H14N4S/c1-2-4-12-9(7-11)8-15-10-13-5-3-6-14-10/h3,5-6,9,12H,2,4,8H2,1H3. The minimum Gasteiger partial charge on any atom is -0.301 e. The van der Waals surface area contributed by atoms with E-state index < -0.39 is 0 Å². The largest absolute Gasteiger partial charge is 0.301 e. The molecule has 0 radical (unpaired) electrons. The minimum absolute atomic E-state index is 0.126. The van der Waals surface area contributed by atoms with E-state index in [0.717, 1.165) is 18.1 Å². The maximum Gasteiger partial charge on any atom is 0.187 e. The number of aromatic nitrogens is 2.